The van der Waals surface area contributed by atoms with Gasteiger partial charge in [-0.2, -0.15) is 4.31 Å². The number of rotatable bonds is 8. The maximum absolute atomic E-state index is 12.6. The number of benzene rings is 2. The highest BCUT2D eigenvalue weighted by Gasteiger charge is 2.23. The summed E-state index contributed by atoms with van der Waals surface area (Å²) >= 11 is 1.53. The molecule has 27 heavy (non-hydrogen) atoms. The maximum atomic E-state index is 12.6. The molecule has 0 fully saturated rings. The summed E-state index contributed by atoms with van der Waals surface area (Å²) in [6, 6.07) is 13.7. The lowest BCUT2D eigenvalue weighted by atomic mass is 10.1. The molecule has 1 N–H and O–H groups in total. The Morgan fingerprint density at radius 3 is 2.26 bits per heavy atom. The first kappa shape index (κ1) is 21.3. The summed E-state index contributed by atoms with van der Waals surface area (Å²) < 4.78 is 31.4. The summed E-state index contributed by atoms with van der Waals surface area (Å²) in [7, 11) is -0.735. The molecule has 1 unspecified atom stereocenters. The minimum absolute atomic E-state index is 0.166. The highest BCUT2D eigenvalue weighted by atomic mass is 32.2. The van der Waals surface area contributed by atoms with E-state index in [4.69, 9.17) is 4.74 Å². The average Bonchev–Trinajstić information content (AvgIpc) is 2.67. The number of sulfonamides is 1. The SMILES string of the molecule is COc1ccc(C(C)NC(=O)CN(C)S(=O)(=O)c2ccc(SC)cc2)cc1. The van der Waals surface area contributed by atoms with Crippen LogP contribution in [0.2, 0.25) is 0 Å². The first-order chi connectivity index (χ1) is 12.8. The number of amides is 1. The lowest BCUT2D eigenvalue weighted by molar-refractivity contribution is -0.121. The van der Waals surface area contributed by atoms with E-state index >= 15 is 0 Å². The first-order valence-electron chi connectivity index (χ1n) is 8.31. The Morgan fingerprint density at radius 1 is 1.15 bits per heavy atom. The summed E-state index contributed by atoms with van der Waals surface area (Å²) in [6.07, 6.45) is 1.92. The van der Waals surface area contributed by atoms with Crippen molar-refractivity contribution in [3.8, 4) is 5.75 Å². The van der Waals surface area contributed by atoms with E-state index in [0.29, 0.717) is 0 Å². The van der Waals surface area contributed by atoms with E-state index in [2.05, 4.69) is 5.32 Å². The molecule has 2 aromatic rings. The van der Waals surface area contributed by atoms with E-state index in [0.717, 1.165) is 20.5 Å². The molecule has 2 rings (SSSR count). The summed E-state index contributed by atoms with van der Waals surface area (Å²) in [5.74, 6) is 0.362. The third-order valence-electron chi connectivity index (χ3n) is 4.13. The van der Waals surface area contributed by atoms with E-state index < -0.39 is 10.0 Å². The van der Waals surface area contributed by atoms with Crippen molar-refractivity contribution >= 4 is 27.7 Å². The zero-order valence-corrected chi connectivity index (χ0v) is 17.4. The van der Waals surface area contributed by atoms with Crippen molar-refractivity contribution in [1.82, 2.24) is 9.62 Å². The van der Waals surface area contributed by atoms with Gasteiger partial charge in [0.25, 0.3) is 0 Å². The van der Waals surface area contributed by atoms with Crippen LogP contribution in [0.25, 0.3) is 0 Å². The fourth-order valence-corrected chi connectivity index (χ4v) is 4.01. The molecule has 0 radical (unpaired) electrons. The maximum Gasteiger partial charge on any atom is 0.243 e. The number of carbonyl (C=O) groups excluding carboxylic acids is 1. The summed E-state index contributed by atoms with van der Waals surface area (Å²) in [5.41, 5.74) is 0.905. The van der Waals surface area contributed by atoms with Crippen LogP contribution in [0.1, 0.15) is 18.5 Å². The summed E-state index contributed by atoms with van der Waals surface area (Å²) in [4.78, 5) is 13.4. The third kappa shape index (κ3) is 5.47. The molecule has 1 amide bonds. The molecule has 0 aliphatic rings. The second-order valence-electron chi connectivity index (χ2n) is 6.00. The molecule has 0 bridgehead atoms. The van der Waals surface area contributed by atoms with Crippen LogP contribution in [-0.4, -0.2) is 45.6 Å². The number of nitrogens with zero attached hydrogens (tertiary/aromatic N) is 1. The number of carbonyl (C=O) groups is 1. The highest BCUT2D eigenvalue weighted by Crippen LogP contribution is 2.20. The van der Waals surface area contributed by atoms with Gasteiger partial charge >= 0.3 is 0 Å². The molecule has 146 valence electrons. The first-order valence-corrected chi connectivity index (χ1v) is 11.0. The van der Waals surface area contributed by atoms with Crippen LogP contribution < -0.4 is 10.1 Å². The van der Waals surface area contributed by atoms with Crippen molar-refractivity contribution in [3.05, 3.63) is 54.1 Å². The Hall–Kier alpha value is -2.03. The Balaban J connectivity index is 2.00. The number of nitrogens with one attached hydrogen (secondary N) is 1. The van der Waals surface area contributed by atoms with Gasteiger partial charge < -0.3 is 10.1 Å². The zero-order valence-electron chi connectivity index (χ0n) is 15.8. The second kappa shape index (κ2) is 9.25. The minimum atomic E-state index is -3.72. The summed E-state index contributed by atoms with van der Waals surface area (Å²) in [6.45, 7) is 1.59. The van der Waals surface area contributed by atoms with E-state index in [-0.39, 0.29) is 23.4 Å². The van der Waals surface area contributed by atoms with Crippen molar-refractivity contribution in [2.24, 2.45) is 0 Å². The molecule has 8 heteroatoms. The van der Waals surface area contributed by atoms with Crippen molar-refractivity contribution in [3.63, 3.8) is 0 Å². The van der Waals surface area contributed by atoms with Gasteiger partial charge in [0, 0.05) is 11.9 Å². The molecule has 0 saturated carbocycles. The molecule has 0 aromatic heterocycles. The van der Waals surface area contributed by atoms with E-state index in [1.807, 2.05) is 37.4 Å². The smallest absolute Gasteiger partial charge is 0.243 e. The molecule has 6 nitrogen and oxygen atoms in total. The fourth-order valence-electron chi connectivity index (χ4n) is 2.48. The number of methoxy groups -OCH3 is 1. The van der Waals surface area contributed by atoms with Gasteiger partial charge in [-0.1, -0.05) is 12.1 Å². The van der Waals surface area contributed by atoms with Crippen LogP contribution in [0, 0.1) is 0 Å². The molecule has 0 heterocycles. The predicted molar refractivity (Wildman–Crippen MR) is 108 cm³/mol. The van der Waals surface area contributed by atoms with E-state index in [9.17, 15) is 13.2 Å². The van der Waals surface area contributed by atoms with Gasteiger partial charge in [-0.15, -0.1) is 11.8 Å². The largest absolute Gasteiger partial charge is 0.497 e. The standard InChI is InChI=1S/C19H24N2O4S2/c1-14(15-5-7-16(25-3)8-6-15)20-19(22)13-21(2)27(23,24)18-11-9-17(26-4)10-12-18/h5-12,14H,13H2,1-4H3,(H,20,22). The average molecular weight is 409 g/mol. The van der Waals surface area contributed by atoms with Gasteiger partial charge in [0.05, 0.1) is 24.6 Å². The van der Waals surface area contributed by atoms with Gasteiger partial charge in [-0.25, -0.2) is 8.42 Å². The number of likely N-dealkylation sites (N-methyl/N-ethyl adjacent to an activating group) is 1. The van der Waals surface area contributed by atoms with Gasteiger partial charge in [0.15, 0.2) is 0 Å². The highest BCUT2D eigenvalue weighted by molar-refractivity contribution is 7.98. The molecule has 0 aliphatic heterocycles. The number of hydrogen-bond donors (Lipinski definition) is 1. The Labute approximate surface area is 165 Å². The lowest BCUT2D eigenvalue weighted by Gasteiger charge is -2.19. The third-order valence-corrected chi connectivity index (χ3v) is 6.69. The normalized spacial score (nSPS) is 12.6. The molecule has 1 atom stereocenters. The van der Waals surface area contributed by atoms with Crippen molar-refractivity contribution < 1.29 is 17.9 Å². The minimum Gasteiger partial charge on any atom is -0.497 e. The van der Waals surface area contributed by atoms with Crippen molar-refractivity contribution in [2.45, 2.75) is 22.8 Å². The van der Waals surface area contributed by atoms with Gasteiger partial charge in [0.2, 0.25) is 15.9 Å². The molecule has 0 saturated heterocycles. The fraction of sp³-hybridized carbons (Fsp3) is 0.316. The molecule has 2 aromatic carbocycles. The van der Waals surface area contributed by atoms with E-state index in [1.165, 1.54) is 18.8 Å². The summed E-state index contributed by atoms with van der Waals surface area (Å²) in [5, 5.41) is 2.82. The predicted octanol–water partition coefficient (Wildman–Crippen LogP) is 2.92. The Kier molecular flexibility index (Phi) is 7.29. The number of ether oxygens (including phenoxy) is 1. The van der Waals surface area contributed by atoms with Crippen LogP contribution in [0.15, 0.2) is 58.3 Å². The molecular formula is C19H24N2O4S2. The van der Waals surface area contributed by atoms with Gasteiger partial charge in [-0.3, -0.25) is 4.79 Å². The second-order valence-corrected chi connectivity index (χ2v) is 8.92. The van der Waals surface area contributed by atoms with Crippen molar-refractivity contribution in [1.29, 1.82) is 0 Å². The number of hydrogen-bond acceptors (Lipinski definition) is 5. The molecule has 0 spiro atoms. The zero-order chi connectivity index (χ0) is 20.0. The van der Waals surface area contributed by atoms with Crippen LogP contribution in [0.4, 0.5) is 0 Å². The van der Waals surface area contributed by atoms with E-state index in [1.54, 1.807) is 31.4 Å². The lowest BCUT2D eigenvalue weighted by Crippen LogP contribution is -2.39. The number of thioether (sulfide) groups is 1. The molecular weight excluding hydrogens is 384 g/mol. The molecule has 0 aliphatic carbocycles. The van der Waals surface area contributed by atoms with Gasteiger partial charge in [-0.05, 0) is 55.1 Å². The Bertz CT molecular complexity index is 866. The Morgan fingerprint density at radius 2 is 1.74 bits per heavy atom. The van der Waals surface area contributed by atoms with Crippen LogP contribution >= 0.6 is 11.8 Å². The van der Waals surface area contributed by atoms with Gasteiger partial charge in [0.1, 0.15) is 5.75 Å². The van der Waals surface area contributed by atoms with Crippen molar-refractivity contribution in [2.75, 3.05) is 27.0 Å². The topological polar surface area (TPSA) is 75.7 Å². The van der Waals surface area contributed by atoms with Crippen LogP contribution in [0.3, 0.4) is 0 Å². The van der Waals surface area contributed by atoms with Crippen LogP contribution in [0.5, 0.6) is 5.75 Å². The van der Waals surface area contributed by atoms with Crippen LogP contribution in [-0.2, 0) is 14.8 Å². The monoisotopic (exact) mass is 408 g/mol. The quantitative estimate of drug-likeness (QED) is 0.680.